The smallest absolute Gasteiger partial charge is 0.264 e. The van der Waals surface area contributed by atoms with E-state index in [4.69, 9.17) is 4.74 Å². The number of amides is 2. The fourth-order valence-electron chi connectivity index (χ4n) is 9.20. The standard InChI is InChI=1S/C45H55N5O5Si/c1-30(2)13-12-14-31(3)23-26-49-40-21-20-35(50-39-18-11-10-17-34(39)19-22-42(50)52)27-37(40)45(44(49)53)32(4)43(56(5,6)54)41(55-45)24-25-48-28-38(46-47-48)36(29-51)33-15-8-7-9-16-33/h7-11,13,15-18,20-21,23,27-28,32,36,41,43,51,54H,12,14,19,22,24-26,29H2,1-6H3/b31-23+/t32-,36?,41+,43-,45+/m0/s1. The molecule has 7 rings (SSSR count). The number of anilines is 3. The highest BCUT2D eigenvalue weighted by molar-refractivity contribution is 6.71. The van der Waals surface area contributed by atoms with Crippen molar-refractivity contribution in [2.24, 2.45) is 5.92 Å². The molecule has 0 saturated carbocycles. The van der Waals surface area contributed by atoms with Gasteiger partial charge in [0.15, 0.2) is 13.9 Å². The van der Waals surface area contributed by atoms with E-state index in [1.54, 1.807) is 9.58 Å². The Kier molecular flexibility index (Phi) is 11.3. The molecule has 56 heavy (non-hydrogen) atoms. The van der Waals surface area contributed by atoms with Gasteiger partial charge in [-0.05, 0) is 94.9 Å². The van der Waals surface area contributed by atoms with Gasteiger partial charge < -0.3 is 19.5 Å². The quantitative estimate of drug-likeness (QED) is 0.105. The van der Waals surface area contributed by atoms with Gasteiger partial charge in [-0.3, -0.25) is 19.2 Å². The number of nitrogens with zero attached hydrogens (tertiary/aromatic N) is 5. The van der Waals surface area contributed by atoms with Crippen LogP contribution in [0.15, 0.2) is 102 Å². The molecule has 4 heterocycles. The van der Waals surface area contributed by atoms with E-state index < -0.39 is 20.0 Å². The summed E-state index contributed by atoms with van der Waals surface area (Å²) in [5.41, 5.74) is 6.65. The lowest BCUT2D eigenvalue weighted by Gasteiger charge is -2.33. The second-order valence-corrected chi connectivity index (χ2v) is 20.5. The van der Waals surface area contributed by atoms with Crippen LogP contribution in [0.25, 0.3) is 0 Å². The van der Waals surface area contributed by atoms with Crippen molar-refractivity contribution < 1.29 is 24.2 Å². The lowest BCUT2D eigenvalue weighted by molar-refractivity contribution is -0.145. The third-order valence-corrected chi connectivity index (χ3v) is 14.5. The van der Waals surface area contributed by atoms with E-state index in [1.807, 2.05) is 90.9 Å². The fraction of sp³-hybridized carbons (Fsp3) is 0.422. The number of aliphatic hydroxyl groups is 1. The number of fused-ring (bicyclic) bond motifs is 3. The van der Waals surface area contributed by atoms with E-state index in [9.17, 15) is 14.7 Å². The minimum atomic E-state index is -2.94. The Labute approximate surface area is 331 Å². The average Bonchev–Trinajstić information content (AvgIpc) is 3.83. The van der Waals surface area contributed by atoms with E-state index in [1.165, 1.54) is 11.1 Å². The molecule has 1 aromatic heterocycles. The summed E-state index contributed by atoms with van der Waals surface area (Å²) in [6.45, 7) is 13.0. The first kappa shape index (κ1) is 39.5. The molecular weight excluding hydrogens is 719 g/mol. The number of rotatable bonds is 13. The molecule has 4 aromatic rings. The molecule has 294 valence electrons. The first-order chi connectivity index (χ1) is 26.8. The zero-order valence-corrected chi connectivity index (χ0v) is 34.5. The summed E-state index contributed by atoms with van der Waals surface area (Å²) in [5.74, 6) is -0.792. The highest BCUT2D eigenvalue weighted by Crippen LogP contribution is 2.60. The SMILES string of the molecule is CC(C)=CCC/C(C)=C/CN1C(=O)[C@]2(O[C@H](CCn3cc(C(CO)c4ccccc4)nn3)[C@@H]([Si](C)(C)O)[C@@H]2C)c2cc(N3C(=O)CCc4ccccc43)ccc21. The van der Waals surface area contributed by atoms with Crippen molar-refractivity contribution in [3.63, 3.8) is 0 Å². The van der Waals surface area contributed by atoms with Crippen LogP contribution in [0.5, 0.6) is 0 Å². The molecule has 5 atom stereocenters. The van der Waals surface area contributed by atoms with Gasteiger partial charge in [0.1, 0.15) is 0 Å². The van der Waals surface area contributed by atoms with Crippen molar-refractivity contribution in [3.05, 3.63) is 125 Å². The van der Waals surface area contributed by atoms with E-state index in [0.29, 0.717) is 43.7 Å². The Morgan fingerprint density at radius 3 is 2.48 bits per heavy atom. The van der Waals surface area contributed by atoms with Gasteiger partial charge in [-0.2, -0.15) is 0 Å². The number of hydrogen-bond acceptors (Lipinski definition) is 7. The van der Waals surface area contributed by atoms with Crippen LogP contribution in [0, 0.1) is 5.92 Å². The number of carbonyl (C=O) groups is 2. The van der Waals surface area contributed by atoms with Gasteiger partial charge in [-0.1, -0.05) is 84.0 Å². The Bertz CT molecular complexity index is 2140. The number of hydrogen-bond donors (Lipinski definition) is 2. The number of benzene rings is 3. The maximum atomic E-state index is 15.2. The highest BCUT2D eigenvalue weighted by atomic mass is 28.4. The van der Waals surface area contributed by atoms with E-state index >= 15 is 4.79 Å². The zero-order chi connectivity index (χ0) is 39.8. The molecule has 0 aliphatic carbocycles. The second-order valence-electron chi connectivity index (χ2n) is 16.5. The third-order valence-electron chi connectivity index (χ3n) is 12.0. The molecule has 2 N–H and O–H groups in total. The van der Waals surface area contributed by atoms with Gasteiger partial charge in [0, 0.05) is 48.4 Å². The van der Waals surface area contributed by atoms with Crippen molar-refractivity contribution >= 4 is 37.2 Å². The van der Waals surface area contributed by atoms with E-state index in [0.717, 1.165) is 40.9 Å². The van der Waals surface area contributed by atoms with Crippen LogP contribution in [0.2, 0.25) is 18.6 Å². The number of ether oxygens (including phenoxy) is 1. The number of aryl methyl sites for hydroxylation is 2. The maximum absolute atomic E-state index is 15.2. The van der Waals surface area contributed by atoms with Crippen LogP contribution in [0.4, 0.5) is 17.1 Å². The maximum Gasteiger partial charge on any atom is 0.264 e. The summed E-state index contributed by atoms with van der Waals surface area (Å²) in [5, 5.41) is 19.1. The molecule has 1 saturated heterocycles. The molecule has 1 spiro atoms. The summed E-state index contributed by atoms with van der Waals surface area (Å²) < 4.78 is 8.95. The Morgan fingerprint density at radius 2 is 1.75 bits per heavy atom. The molecule has 10 nitrogen and oxygen atoms in total. The molecule has 0 radical (unpaired) electrons. The van der Waals surface area contributed by atoms with Crippen molar-refractivity contribution in [1.82, 2.24) is 15.0 Å². The zero-order valence-electron chi connectivity index (χ0n) is 33.5. The van der Waals surface area contributed by atoms with Crippen LogP contribution in [-0.2, 0) is 32.9 Å². The number of carbonyl (C=O) groups excluding carboxylic acids is 2. The van der Waals surface area contributed by atoms with Gasteiger partial charge in [-0.15, -0.1) is 5.10 Å². The minimum Gasteiger partial charge on any atom is -0.432 e. The average molecular weight is 774 g/mol. The van der Waals surface area contributed by atoms with Crippen LogP contribution >= 0.6 is 0 Å². The molecule has 3 aliphatic rings. The molecule has 0 bridgehead atoms. The lowest BCUT2D eigenvalue weighted by atomic mass is 9.82. The summed E-state index contributed by atoms with van der Waals surface area (Å²) in [6.07, 6.45) is 9.19. The van der Waals surface area contributed by atoms with Gasteiger partial charge in [0.2, 0.25) is 5.91 Å². The van der Waals surface area contributed by atoms with Crippen LogP contribution < -0.4 is 9.80 Å². The molecule has 1 fully saturated rings. The minimum absolute atomic E-state index is 0.0109. The number of allylic oxidation sites excluding steroid dienone is 3. The Balaban J connectivity index is 1.24. The van der Waals surface area contributed by atoms with Gasteiger partial charge in [-0.25, -0.2) is 0 Å². The lowest BCUT2D eigenvalue weighted by Crippen LogP contribution is -2.46. The van der Waals surface area contributed by atoms with Gasteiger partial charge >= 0.3 is 0 Å². The van der Waals surface area contributed by atoms with Crippen molar-refractivity contribution in [2.75, 3.05) is 23.0 Å². The summed E-state index contributed by atoms with van der Waals surface area (Å²) in [7, 11) is -2.94. The molecule has 3 aromatic carbocycles. The monoisotopic (exact) mass is 773 g/mol. The summed E-state index contributed by atoms with van der Waals surface area (Å²) >= 11 is 0. The fourth-order valence-corrected chi connectivity index (χ4v) is 11.8. The molecule has 2 amide bonds. The van der Waals surface area contributed by atoms with E-state index in [-0.39, 0.29) is 35.8 Å². The van der Waals surface area contributed by atoms with Crippen molar-refractivity contribution in [3.8, 4) is 0 Å². The molecular formula is C45H55N5O5Si. The summed E-state index contributed by atoms with van der Waals surface area (Å²) in [4.78, 5) is 44.3. The van der Waals surface area contributed by atoms with Crippen LogP contribution in [0.1, 0.15) is 81.7 Å². The second kappa shape index (κ2) is 16.1. The largest absolute Gasteiger partial charge is 0.432 e. The van der Waals surface area contributed by atoms with Crippen LogP contribution in [-0.4, -0.2) is 64.3 Å². The Hall–Kier alpha value is -4.68. The predicted molar refractivity (Wildman–Crippen MR) is 222 cm³/mol. The molecule has 1 unspecified atom stereocenters. The number of para-hydroxylation sites is 1. The Morgan fingerprint density at radius 1 is 1.00 bits per heavy atom. The molecule has 3 aliphatic heterocycles. The van der Waals surface area contributed by atoms with Crippen molar-refractivity contribution in [1.29, 1.82) is 0 Å². The van der Waals surface area contributed by atoms with Gasteiger partial charge in [0.25, 0.3) is 5.91 Å². The number of aromatic nitrogens is 3. The third kappa shape index (κ3) is 7.45. The number of aliphatic hydroxyl groups excluding tert-OH is 1. The van der Waals surface area contributed by atoms with Crippen LogP contribution in [0.3, 0.4) is 0 Å². The summed E-state index contributed by atoms with van der Waals surface area (Å²) in [6, 6.07) is 23.7. The topological polar surface area (TPSA) is 121 Å². The van der Waals surface area contributed by atoms with E-state index in [2.05, 4.69) is 56.2 Å². The first-order valence-electron chi connectivity index (χ1n) is 20.0. The first-order valence-corrected chi connectivity index (χ1v) is 23.0. The van der Waals surface area contributed by atoms with Crippen molar-refractivity contribution in [2.45, 2.75) is 103 Å². The highest BCUT2D eigenvalue weighted by Gasteiger charge is 2.66. The molecule has 11 heteroatoms. The predicted octanol–water partition coefficient (Wildman–Crippen LogP) is 7.94. The van der Waals surface area contributed by atoms with Gasteiger partial charge in [0.05, 0.1) is 35.7 Å². The normalized spacial score (nSPS) is 22.8.